The molecule has 1 saturated heterocycles. The Kier molecular flexibility index (Phi) is 3.15. The maximum atomic E-state index is 9.12. The average molecular weight is 335 g/mol. The highest BCUT2D eigenvalue weighted by atomic mass is 16.4. The van der Waals surface area contributed by atoms with Crippen LogP contribution in [0.1, 0.15) is 61.1 Å². The maximum absolute atomic E-state index is 9.12. The molecule has 0 unspecified atom stereocenters. The predicted octanol–water partition coefficient (Wildman–Crippen LogP) is 3.08. The van der Waals surface area contributed by atoms with Crippen molar-refractivity contribution in [2.24, 2.45) is 5.92 Å². The molecule has 2 saturated carbocycles. The lowest BCUT2D eigenvalue weighted by atomic mass is 9.80. The van der Waals surface area contributed by atoms with Crippen LogP contribution >= 0.6 is 0 Å². The van der Waals surface area contributed by atoms with Gasteiger partial charge < -0.3 is 9.32 Å². The van der Waals surface area contributed by atoms with E-state index in [1.165, 1.54) is 25.7 Å². The molecule has 2 atom stereocenters. The van der Waals surface area contributed by atoms with Gasteiger partial charge in [-0.15, -0.1) is 10.2 Å². The van der Waals surface area contributed by atoms with Crippen LogP contribution in [0.15, 0.2) is 16.5 Å². The first-order valence-corrected chi connectivity index (χ1v) is 9.16. The molecule has 0 aromatic carbocycles. The van der Waals surface area contributed by atoms with Crippen molar-refractivity contribution in [2.45, 2.75) is 50.4 Å². The van der Waals surface area contributed by atoms with Crippen molar-refractivity contribution in [1.82, 2.24) is 15.2 Å². The molecule has 0 N–H and O–H groups in total. The lowest BCUT2D eigenvalue weighted by Gasteiger charge is -2.25. The third-order valence-electron chi connectivity index (χ3n) is 6.18. The zero-order valence-corrected chi connectivity index (χ0v) is 14.4. The molecule has 0 radical (unpaired) electrons. The summed E-state index contributed by atoms with van der Waals surface area (Å²) in [5, 5.41) is 17.9. The minimum Gasteiger partial charge on any atom is -0.424 e. The van der Waals surface area contributed by atoms with Gasteiger partial charge in [0.05, 0.1) is 16.7 Å². The van der Waals surface area contributed by atoms with Gasteiger partial charge in [0.25, 0.3) is 0 Å². The van der Waals surface area contributed by atoms with Gasteiger partial charge in [0, 0.05) is 19.0 Å². The van der Waals surface area contributed by atoms with E-state index in [1.54, 1.807) is 0 Å². The second kappa shape index (κ2) is 5.29. The Balaban J connectivity index is 1.46. The molecule has 6 nitrogen and oxygen atoms in total. The van der Waals surface area contributed by atoms with Crippen molar-refractivity contribution in [2.75, 3.05) is 18.0 Å². The lowest BCUT2D eigenvalue weighted by Crippen LogP contribution is -2.32. The van der Waals surface area contributed by atoms with Crippen molar-refractivity contribution in [3.8, 4) is 6.07 Å². The van der Waals surface area contributed by atoms with Gasteiger partial charge in [-0.1, -0.05) is 6.42 Å². The summed E-state index contributed by atoms with van der Waals surface area (Å²) in [5.74, 6) is 3.66. The van der Waals surface area contributed by atoms with Crippen LogP contribution in [-0.4, -0.2) is 28.3 Å². The molecule has 2 aliphatic carbocycles. The number of rotatable bonds is 3. The summed E-state index contributed by atoms with van der Waals surface area (Å²) in [6.45, 7) is 3.75. The fraction of sp³-hybridized carbons (Fsp3) is 0.579. The topological polar surface area (TPSA) is 78.8 Å². The molecular weight excluding hydrogens is 314 g/mol. The predicted molar refractivity (Wildman–Crippen MR) is 91.2 cm³/mol. The molecule has 2 aromatic rings. The summed E-state index contributed by atoms with van der Waals surface area (Å²) in [6.07, 6.45) is 5.89. The van der Waals surface area contributed by atoms with Crippen LogP contribution in [0.5, 0.6) is 0 Å². The average Bonchev–Trinajstić information content (AvgIpc) is 3.05. The Morgan fingerprint density at radius 2 is 2.16 bits per heavy atom. The van der Waals surface area contributed by atoms with Crippen LogP contribution in [0.3, 0.4) is 0 Å². The van der Waals surface area contributed by atoms with E-state index in [1.807, 2.05) is 19.1 Å². The summed E-state index contributed by atoms with van der Waals surface area (Å²) < 4.78 is 6.13. The summed E-state index contributed by atoms with van der Waals surface area (Å²) in [6, 6.07) is 6.02. The van der Waals surface area contributed by atoms with Crippen molar-refractivity contribution < 1.29 is 4.42 Å². The number of nitrogens with zero attached hydrogens (tertiary/aromatic N) is 5. The number of aromatic nitrogens is 3. The third kappa shape index (κ3) is 2.25. The smallest absolute Gasteiger partial charge is 0.224 e. The SMILES string of the molecule is Cc1nc(N2C[C@@H]3CCC[C@]3(c3nnc(C4CC4)o3)C2)ccc1C#N. The highest BCUT2D eigenvalue weighted by Gasteiger charge is 2.54. The quantitative estimate of drug-likeness (QED) is 0.857. The fourth-order valence-electron chi connectivity index (χ4n) is 4.59. The van der Waals surface area contributed by atoms with Gasteiger partial charge in [0.15, 0.2) is 0 Å². The van der Waals surface area contributed by atoms with Crippen LogP contribution in [0.4, 0.5) is 5.82 Å². The summed E-state index contributed by atoms with van der Waals surface area (Å²) in [7, 11) is 0. The standard InChI is InChI=1S/C19H21N5O/c1-12-14(9-20)6-7-16(21-12)24-10-15-3-2-8-19(15,11-24)18-23-22-17(25-18)13-4-5-13/h6-7,13,15H,2-5,8,10-11H2,1H3/t15-,19-/m0/s1. The van der Waals surface area contributed by atoms with E-state index in [4.69, 9.17) is 9.68 Å². The number of pyridine rings is 1. The third-order valence-corrected chi connectivity index (χ3v) is 6.18. The number of hydrogen-bond donors (Lipinski definition) is 0. The molecular formula is C19H21N5O. The molecule has 0 bridgehead atoms. The second-order valence-corrected chi connectivity index (χ2v) is 7.76. The van der Waals surface area contributed by atoms with Gasteiger partial charge >= 0.3 is 0 Å². The molecule has 128 valence electrons. The van der Waals surface area contributed by atoms with E-state index >= 15 is 0 Å². The van der Waals surface area contributed by atoms with Gasteiger partial charge in [-0.05, 0) is 50.7 Å². The Morgan fingerprint density at radius 1 is 1.28 bits per heavy atom. The van der Waals surface area contributed by atoms with Gasteiger partial charge in [0.2, 0.25) is 11.8 Å². The number of fused-ring (bicyclic) bond motifs is 1. The maximum Gasteiger partial charge on any atom is 0.224 e. The molecule has 6 heteroatoms. The van der Waals surface area contributed by atoms with E-state index in [0.29, 0.717) is 17.4 Å². The lowest BCUT2D eigenvalue weighted by molar-refractivity contribution is 0.296. The van der Waals surface area contributed by atoms with Crippen LogP contribution in [0.25, 0.3) is 0 Å². The molecule has 2 aromatic heterocycles. The molecule has 3 heterocycles. The van der Waals surface area contributed by atoms with Crippen molar-refractivity contribution in [3.63, 3.8) is 0 Å². The summed E-state index contributed by atoms with van der Waals surface area (Å²) in [4.78, 5) is 6.99. The Labute approximate surface area is 146 Å². The first-order chi connectivity index (χ1) is 12.2. The largest absolute Gasteiger partial charge is 0.424 e. The van der Waals surface area contributed by atoms with E-state index in [9.17, 15) is 0 Å². The monoisotopic (exact) mass is 335 g/mol. The molecule has 0 amide bonds. The first kappa shape index (κ1) is 14.9. The fourth-order valence-corrected chi connectivity index (χ4v) is 4.59. The molecule has 25 heavy (non-hydrogen) atoms. The molecule has 1 aliphatic heterocycles. The second-order valence-electron chi connectivity index (χ2n) is 7.76. The zero-order valence-electron chi connectivity index (χ0n) is 14.4. The Bertz CT molecular complexity index is 865. The van der Waals surface area contributed by atoms with Crippen LogP contribution in [0, 0.1) is 24.2 Å². The van der Waals surface area contributed by atoms with Gasteiger partial charge in [-0.3, -0.25) is 0 Å². The van der Waals surface area contributed by atoms with Crippen molar-refractivity contribution in [1.29, 1.82) is 5.26 Å². The van der Waals surface area contributed by atoms with Crippen LogP contribution in [0.2, 0.25) is 0 Å². The highest BCUT2D eigenvalue weighted by Crippen LogP contribution is 2.51. The number of anilines is 1. The Morgan fingerprint density at radius 3 is 2.92 bits per heavy atom. The Hall–Kier alpha value is -2.42. The van der Waals surface area contributed by atoms with E-state index < -0.39 is 0 Å². The van der Waals surface area contributed by atoms with E-state index in [2.05, 4.69) is 26.2 Å². The normalized spacial score (nSPS) is 28.2. The van der Waals surface area contributed by atoms with Crippen molar-refractivity contribution in [3.05, 3.63) is 35.2 Å². The van der Waals surface area contributed by atoms with Gasteiger partial charge in [-0.2, -0.15) is 5.26 Å². The summed E-state index contributed by atoms with van der Waals surface area (Å²) >= 11 is 0. The van der Waals surface area contributed by atoms with E-state index in [-0.39, 0.29) is 5.41 Å². The minimum absolute atomic E-state index is 0.0242. The molecule has 0 spiro atoms. The zero-order chi connectivity index (χ0) is 17.0. The number of nitriles is 1. The minimum atomic E-state index is -0.0242. The van der Waals surface area contributed by atoms with Crippen LogP contribution in [-0.2, 0) is 5.41 Å². The molecule has 5 rings (SSSR count). The van der Waals surface area contributed by atoms with E-state index in [0.717, 1.165) is 42.8 Å². The summed E-state index contributed by atoms with van der Waals surface area (Å²) in [5.41, 5.74) is 1.41. The van der Waals surface area contributed by atoms with Gasteiger partial charge in [0.1, 0.15) is 11.9 Å². The van der Waals surface area contributed by atoms with Crippen LogP contribution < -0.4 is 4.90 Å². The number of aryl methyl sites for hydroxylation is 1. The highest BCUT2D eigenvalue weighted by molar-refractivity contribution is 5.48. The van der Waals surface area contributed by atoms with Crippen molar-refractivity contribution >= 4 is 5.82 Å². The van der Waals surface area contributed by atoms with Gasteiger partial charge in [-0.25, -0.2) is 4.98 Å². The molecule has 3 aliphatic rings. The first-order valence-electron chi connectivity index (χ1n) is 9.16. The molecule has 3 fully saturated rings. The number of hydrogen-bond acceptors (Lipinski definition) is 6.